The summed E-state index contributed by atoms with van der Waals surface area (Å²) < 4.78 is 0.824. The molecule has 5 heteroatoms. The fraction of sp³-hybridized carbons (Fsp3) is 0.312. The number of nitrogens with zero attached hydrogens (tertiary/aromatic N) is 1. The second-order valence-corrected chi connectivity index (χ2v) is 7.06. The van der Waals surface area contributed by atoms with Crippen molar-refractivity contribution < 1.29 is 4.79 Å². The summed E-state index contributed by atoms with van der Waals surface area (Å²) in [6.07, 6.45) is 1.88. The van der Waals surface area contributed by atoms with E-state index in [0.29, 0.717) is 11.3 Å². The van der Waals surface area contributed by atoms with Gasteiger partial charge in [0.05, 0.1) is 6.04 Å². The molecule has 1 aliphatic heterocycles. The van der Waals surface area contributed by atoms with Gasteiger partial charge in [-0.3, -0.25) is 4.79 Å². The summed E-state index contributed by atoms with van der Waals surface area (Å²) in [6.45, 7) is 2.91. The maximum atomic E-state index is 12.8. The van der Waals surface area contributed by atoms with Crippen LogP contribution in [-0.4, -0.2) is 17.4 Å². The van der Waals surface area contributed by atoms with Crippen LogP contribution in [0, 0.1) is 0 Å². The molecule has 1 atom stereocenters. The van der Waals surface area contributed by atoms with Crippen LogP contribution in [0.4, 0.5) is 5.69 Å². The SMILES string of the molecule is CCC1c2ccsc2CCN1C(=O)c1ccc(Br)c(N)c1. The molecule has 0 saturated heterocycles. The maximum Gasteiger partial charge on any atom is 0.254 e. The van der Waals surface area contributed by atoms with E-state index in [1.165, 1.54) is 10.4 Å². The summed E-state index contributed by atoms with van der Waals surface area (Å²) in [4.78, 5) is 16.2. The third-order valence-electron chi connectivity index (χ3n) is 3.99. The molecule has 0 radical (unpaired) electrons. The number of fused-ring (bicyclic) bond motifs is 1. The van der Waals surface area contributed by atoms with Gasteiger partial charge in [0.2, 0.25) is 0 Å². The smallest absolute Gasteiger partial charge is 0.254 e. The molecule has 3 nitrogen and oxygen atoms in total. The molecule has 2 heterocycles. The van der Waals surface area contributed by atoms with Crippen LogP contribution in [0.1, 0.15) is 40.2 Å². The van der Waals surface area contributed by atoms with Crippen molar-refractivity contribution in [2.45, 2.75) is 25.8 Å². The standard InChI is InChI=1S/C16H17BrN2OS/c1-2-14-11-6-8-21-15(11)5-7-19(14)16(20)10-3-4-12(17)13(18)9-10/h3-4,6,8-9,14H,2,5,7,18H2,1H3. The van der Waals surface area contributed by atoms with Gasteiger partial charge in [-0.1, -0.05) is 6.92 Å². The molecule has 1 amide bonds. The lowest BCUT2D eigenvalue weighted by Gasteiger charge is -2.35. The number of amides is 1. The molecule has 0 fully saturated rings. The van der Waals surface area contributed by atoms with Gasteiger partial charge in [0.1, 0.15) is 0 Å². The van der Waals surface area contributed by atoms with E-state index in [1.807, 2.05) is 17.0 Å². The van der Waals surface area contributed by atoms with E-state index < -0.39 is 0 Å². The highest BCUT2D eigenvalue weighted by atomic mass is 79.9. The Labute approximate surface area is 136 Å². The molecule has 3 rings (SSSR count). The predicted octanol–water partition coefficient (Wildman–Crippen LogP) is 4.24. The van der Waals surface area contributed by atoms with Gasteiger partial charge in [-0.15, -0.1) is 11.3 Å². The van der Waals surface area contributed by atoms with Gasteiger partial charge in [0.25, 0.3) is 5.91 Å². The molecular weight excluding hydrogens is 348 g/mol. The Bertz CT molecular complexity index is 683. The summed E-state index contributed by atoms with van der Waals surface area (Å²) >= 11 is 5.16. The van der Waals surface area contributed by atoms with Crippen molar-refractivity contribution in [1.29, 1.82) is 0 Å². The van der Waals surface area contributed by atoms with Crippen LogP contribution in [-0.2, 0) is 6.42 Å². The molecule has 1 aliphatic rings. The number of hydrogen-bond acceptors (Lipinski definition) is 3. The van der Waals surface area contributed by atoms with Crippen molar-refractivity contribution in [3.8, 4) is 0 Å². The summed E-state index contributed by atoms with van der Waals surface area (Å²) in [5.74, 6) is 0.0675. The van der Waals surface area contributed by atoms with Crippen molar-refractivity contribution in [2.75, 3.05) is 12.3 Å². The van der Waals surface area contributed by atoms with Crippen molar-refractivity contribution in [3.63, 3.8) is 0 Å². The zero-order chi connectivity index (χ0) is 15.0. The quantitative estimate of drug-likeness (QED) is 0.809. The molecule has 21 heavy (non-hydrogen) atoms. The number of halogens is 1. The number of hydrogen-bond donors (Lipinski definition) is 1. The Morgan fingerprint density at radius 1 is 1.48 bits per heavy atom. The monoisotopic (exact) mass is 364 g/mol. The number of thiophene rings is 1. The summed E-state index contributed by atoms with van der Waals surface area (Å²) in [5, 5.41) is 2.12. The summed E-state index contributed by atoms with van der Waals surface area (Å²) in [6, 6.07) is 7.76. The molecule has 0 aliphatic carbocycles. The molecule has 1 unspecified atom stereocenters. The molecular formula is C16H17BrN2OS. The van der Waals surface area contributed by atoms with E-state index in [-0.39, 0.29) is 11.9 Å². The lowest BCUT2D eigenvalue weighted by Crippen LogP contribution is -2.39. The zero-order valence-corrected chi connectivity index (χ0v) is 14.2. The van der Waals surface area contributed by atoms with Crippen LogP contribution in [0.15, 0.2) is 34.1 Å². The highest BCUT2D eigenvalue weighted by Gasteiger charge is 2.30. The largest absolute Gasteiger partial charge is 0.398 e. The van der Waals surface area contributed by atoms with Gasteiger partial charge in [0.15, 0.2) is 0 Å². The maximum absolute atomic E-state index is 12.8. The number of rotatable bonds is 2. The van der Waals surface area contributed by atoms with E-state index in [1.54, 1.807) is 17.4 Å². The Morgan fingerprint density at radius 3 is 3.00 bits per heavy atom. The first-order valence-electron chi connectivity index (χ1n) is 7.04. The van der Waals surface area contributed by atoms with Gasteiger partial charge in [-0.2, -0.15) is 0 Å². The van der Waals surface area contributed by atoms with Crippen molar-refractivity contribution >= 4 is 38.9 Å². The number of nitrogens with two attached hydrogens (primary N) is 1. The minimum absolute atomic E-state index is 0.0675. The highest BCUT2D eigenvalue weighted by molar-refractivity contribution is 9.10. The third-order valence-corrected chi connectivity index (χ3v) is 5.70. The van der Waals surface area contributed by atoms with Crippen LogP contribution in [0.5, 0.6) is 0 Å². The van der Waals surface area contributed by atoms with Gasteiger partial charge in [-0.05, 0) is 64.0 Å². The van der Waals surface area contributed by atoms with Gasteiger partial charge in [0, 0.05) is 27.1 Å². The molecule has 1 aromatic heterocycles. The van der Waals surface area contributed by atoms with Crippen LogP contribution in [0.3, 0.4) is 0 Å². The van der Waals surface area contributed by atoms with Crippen molar-refractivity contribution in [2.24, 2.45) is 0 Å². The van der Waals surface area contributed by atoms with E-state index in [2.05, 4.69) is 34.3 Å². The van der Waals surface area contributed by atoms with E-state index >= 15 is 0 Å². The average Bonchev–Trinajstić information content (AvgIpc) is 2.96. The van der Waals surface area contributed by atoms with E-state index in [4.69, 9.17) is 5.73 Å². The molecule has 2 aromatic rings. The number of carbonyl (C=O) groups is 1. The fourth-order valence-electron chi connectivity index (χ4n) is 2.92. The Morgan fingerprint density at radius 2 is 2.29 bits per heavy atom. The number of anilines is 1. The van der Waals surface area contributed by atoms with Crippen molar-refractivity contribution in [1.82, 2.24) is 4.90 Å². The number of benzene rings is 1. The van der Waals surface area contributed by atoms with Gasteiger partial charge >= 0.3 is 0 Å². The van der Waals surface area contributed by atoms with E-state index in [0.717, 1.165) is 23.9 Å². The Balaban J connectivity index is 1.92. The first-order valence-corrected chi connectivity index (χ1v) is 8.71. The highest BCUT2D eigenvalue weighted by Crippen LogP contribution is 2.36. The topological polar surface area (TPSA) is 46.3 Å². The third kappa shape index (κ3) is 2.60. The second kappa shape index (κ2) is 5.81. The first kappa shape index (κ1) is 14.6. The first-order chi connectivity index (χ1) is 10.1. The number of nitrogen functional groups attached to an aromatic ring is 1. The lowest BCUT2D eigenvalue weighted by molar-refractivity contribution is 0.0657. The normalized spacial score (nSPS) is 17.6. The minimum atomic E-state index is 0.0675. The van der Waals surface area contributed by atoms with Gasteiger partial charge < -0.3 is 10.6 Å². The molecule has 0 bridgehead atoms. The summed E-state index contributed by atoms with van der Waals surface area (Å²) in [5.41, 5.74) is 8.47. The molecule has 110 valence electrons. The van der Waals surface area contributed by atoms with Crippen molar-refractivity contribution in [3.05, 3.63) is 50.1 Å². The van der Waals surface area contributed by atoms with Crippen LogP contribution in [0.2, 0.25) is 0 Å². The van der Waals surface area contributed by atoms with Gasteiger partial charge in [-0.25, -0.2) is 0 Å². The van der Waals surface area contributed by atoms with Crippen LogP contribution < -0.4 is 5.73 Å². The minimum Gasteiger partial charge on any atom is -0.398 e. The lowest BCUT2D eigenvalue weighted by atomic mass is 9.97. The van der Waals surface area contributed by atoms with Crippen LogP contribution in [0.25, 0.3) is 0 Å². The Hall–Kier alpha value is -1.33. The Kier molecular flexibility index (Phi) is 4.04. The molecule has 2 N–H and O–H groups in total. The average molecular weight is 365 g/mol. The molecule has 0 spiro atoms. The second-order valence-electron chi connectivity index (χ2n) is 5.21. The zero-order valence-electron chi connectivity index (χ0n) is 11.8. The summed E-state index contributed by atoms with van der Waals surface area (Å²) in [7, 11) is 0. The molecule has 0 saturated carbocycles. The fourth-order valence-corrected chi connectivity index (χ4v) is 4.10. The van der Waals surface area contributed by atoms with E-state index in [9.17, 15) is 4.79 Å². The van der Waals surface area contributed by atoms with Crippen LogP contribution >= 0.6 is 27.3 Å². The predicted molar refractivity (Wildman–Crippen MR) is 90.6 cm³/mol. The molecule has 1 aromatic carbocycles. The number of carbonyl (C=O) groups excluding carboxylic acids is 1.